The minimum Gasteiger partial charge on any atom is -0.396 e. The molecule has 0 bridgehead atoms. The second-order valence-corrected chi connectivity index (χ2v) is 4.75. The Kier molecular flexibility index (Phi) is 3.05. The quantitative estimate of drug-likeness (QED) is 0.616. The lowest BCUT2D eigenvalue weighted by Gasteiger charge is -2.04. The summed E-state index contributed by atoms with van der Waals surface area (Å²) in [5.41, 5.74) is 8.97. The SMILES string of the molecule is Nc1cnn(-c2nccc(-c3cccc(-c4ccon4)n3)n2)c1. The van der Waals surface area contributed by atoms with Gasteiger partial charge in [0.15, 0.2) is 0 Å². The molecule has 4 rings (SSSR count). The van der Waals surface area contributed by atoms with Crippen molar-refractivity contribution in [2.24, 2.45) is 0 Å². The topological polar surface area (TPSA) is 109 Å². The van der Waals surface area contributed by atoms with Crippen molar-refractivity contribution in [3.05, 3.63) is 55.2 Å². The summed E-state index contributed by atoms with van der Waals surface area (Å²) in [6.45, 7) is 0. The van der Waals surface area contributed by atoms with E-state index in [0.29, 0.717) is 34.4 Å². The van der Waals surface area contributed by atoms with Crippen molar-refractivity contribution in [3.63, 3.8) is 0 Å². The zero-order valence-corrected chi connectivity index (χ0v) is 11.9. The molecule has 2 N–H and O–H groups in total. The highest BCUT2D eigenvalue weighted by Crippen LogP contribution is 2.20. The third-order valence-electron chi connectivity index (χ3n) is 3.16. The lowest BCUT2D eigenvalue weighted by Crippen LogP contribution is -2.02. The number of pyridine rings is 1. The minimum atomic E-state index is 0.424. The fraction of sp³-hybridized carbons (Fsp3) is 0. The van der Waals surface area contributed by atoms with Gasteiger partial charge in [-0.3, -0.25) is 0 Å². The Morgan fingerprint density at radius 1 is 0.957 bits per heavy atom. The monoisotopic (exact) mass is 305 g/mol. The highest BCUT2D eigenvalue weighted by atomic mass is 16.5. The fourth-order valence-electron chi connectivity index (χ4n) is 2.11. The molecule has 4 aromatic heterocycles. The van der Waals surface area contributed by atoms with Crippen LogP contribution in [0.25, 0.3) is 28.7 Å². The van der Waals surface area contributed by atoms with E-state index in [0.717, 1.165) is 0 Å². The molecule has 4 aromatic rings. The first-order chi connectivity index (χ1) is 11.3. The molecule has 0 unspecified atom stereocenters. The standard InChI is InChI=1S/C15H11N7O/c16-10-8-18-22(9-10)15-17-6-4-13(20-15)11-2-1-3-12(19-11)14-5-7-23-21-14/h1-9H,16H2. The van der Waals surface area contributed by atoms with E-state index in [4.69, 9.17) is 10.3 Å². The number of hydrogen-bond acceptors (Lipinski definition) is 7. The van der Waals surface area contributed by atoms with E-state index in [1.165, 1.54) is 10.9 Å². The maximum absolute atomic E-state index is 5.67. The predicted molar refractivity (Wildman–Crippen MR) is 82.3 cm³/mol. The number of anilines is 1. The van der Waals surface area contributed by atoms with Gasteiger partial charge in [-0.15, -0.1) is 0 Å². The lowest BCUT2D eigenvalue weighted by molar-refractivity contribution is 0.422. The maximum atomic E-state index is 5.67. The van der Waals surface area contributed by atoms with E-state index in [-0.39, 0.29) is 0 Å². The molecule has 4 heterocycles. The Morgan fingerprint density at radius 2 is 1.78 bits per heavy atom. The van der Waals surface area contributed by atoms with Crippen molar-refractivity contribution in [2.75, 3.05) is 5.73 Å². The molecule has 0 aliphatic carbocycles. The van der Waals surface area contributed by atoms with Crippen LogP contribution in [-0.4, -0.2) is 29.9 Å². The van der Waals surface area contributed by atoms with Crippen LogP contribution in [0.15, 0.2) is 59.7 Å². The van der Waals surface area contributed by atoms with Gasteiger partial charge in [0.25, 0.3) is 5.95 Å². The number of nitrogens with zero attached hydrogens (tertiary/aromatic N) is 6. The molecule has 0 aromatic carbocycles. The Balaban J connectivity index is 1.75. The second-order valence-electron chi connectivity index (χ2n) is 4.75. The molecular formula is C15H11N7O. The van der Waals surface area contributed by atoms with Crippen LogP contribution in [0.4, 0.5) is 5.69 Å². The van der Waals surface area contributed by atoms with Gasteiger partial charge >= 0.3 is 0 Å². The first kappa shape index (κ1) is 13.1. The smallest absolute Gasteiger partial charge is 0.251 e. The van der Waals surface area contributed by atoms with Crippen molar-refractivity contribution < 1.29 is 4.52 Å². The summed E-state index contributed by atoms with van der Waals surface area (Å²) in [7, 11) is 0. The summed E-state index contributed by atoms with van der Waals surface area (Å²) in [5, 5.41) is 7.99. The molecule has 0 saturated heterocycles. The summed E-state index contributed by atoms with van der Waals surface area (Å²) in [6.07, 6.45) is 6.35. The van der Waals surface area contributed by atoms with Crippen LogP contribution in [0.5, 0.6) is 0 Å². The van der Waals surface area contributed by atoms with Gasteiger partial charge in [0.05, 0.1) is 35.2 Å². The van der Waals surface area contributed by atoms with Gasteiger partial charge in [-0.05, 0) is 18.2 Å². The molecular weight excluding hydrogens is 294 g/mol. The van der Waals surface area contributed by atoms with E-state index < -0.39 is 0 Å². The van der Waals surface area contributed by atoms with E-state index in [9.17, 15) is 0 Å². The number of aromatic nitrogens is 6. The van der Waals surface area contributed by atoms with Gasteiger partial charge < -0.3 is 10.3 Å². The lowest BCUT2D eigenvalue weighted by atomic mass is 10.2. The summed E-state index contributed by atoms with van der Waals surface area (Å²) in [4.78, 5) is 13.2. The molecule has 0 amide bonds. The average Bonchev–Trinajstić information content (AvgIpc) is 3.27. The Hall–Kier alpha value is -3.55. The van der Waals surface area contributed by atoms with Crippen LogP contribution in [0.2, 0.25) is 0 Å². The van der Waals surface area contributed by atoms with Crippen molar-refractivity contribution in [1.29, 1.82) is 0 Å². The van der Waals surface area contributed by atoms with E-state index >= 15 is 0 Å². The molecule has 0 saturated carbocycles. The molecule has 0 aliphatic heterocycles. The molecule has 0 atom stereocenters. The van der Waals surface area contributed by atoms with Gasteiger partial charge in [-0.25, -0.2) is 19.6 Å². The van der Waals surface area contributed by atoms with Crippen LogP contribution in [0.1, 0.15) is 0 Å². The molecule has 0 fully saturated rings. The van der Waals surface area contributed by atoms with Gasteiger partial charge in [0, 0.05) is 12.3 Å². The molecule has 0 radical (unpaired) electrons. The summed E-state index contributed by atoms with van der Waals surface area (Å²) in [5.74, 6) is 0.424. The van der Waals surface area contributed by atoms with Crippen molar-refractivity contribution in [3.8, 4) is 28.7 Å². The second kappa shape index (κ2) is 5.34. The van der Waals surface area contributed by atoms with Gasteiger partial charge in [0.1, 0.15) is 12.0 Å². The van der Waals surface area contributed by atoms with Crippen LogP contribution in [0, 0.1) is 0 Å². The van der Waals surface area contributed by atoms with E-state index in [2.05, 4.69) is 25.2 Å². The Morgan fingerprint density at radius 3 is 2.52 bits per heavy atom. The highest BCUT2D eigenvalue weighted by Gasteiger charge is 2.09. The largest absolute Gasteiger partial charge is 0.396 e. The number of hydrogen-bond donors (Lipinski definition) is 1. The zero-order valence-electron chi connectivity index (χ0n) is 11.9. The molecule has 8 heteroatoms. The van der Waals surface area contributed by atoms with Crippen LogP contribution in [-0.2, 0) is 0 Å². The fourth-order valence-corrected chi connectivity index (χ4v) is 2.11. The number of rotatable bonds is 3. The first-order valence-electron chi connectivity index (χ1n) is 6.81. The predicted octanol–water partition coefficient (Wildman–Crippen LogP) is 1.96. The van der Waals surface area contributed by atoms with E-state index in [1.807, 2.05) is 18.2 Å². The van der Waals surface area contributed by atoms with Gasteiger partial charge in [-0.2, -0.15) is 5.10 Å². The third kappa shape index (κ3) is 2.53. The van der Waals surface area contributed by atoms with Crippen molar-refractivity contribution >= 4 is 5.69 Å². The zero-order chi connectivity index (χ0) is 15.6. The van der Waals surface area contributed by atoms with Gasteiger partial charge in [0.2, 0.25) is 0 Å². The van der Waals surface area contributed by atoms with Crippen LogP contribution < -0.4 is 5.73 Å². The van der Waals surface area contributed by atoms with Crippen molar-refractivity contribution in [2.45, 2.75) is 0 Å². The molecule has 0 spiro atoms. The van der Waals surface area contributed by atoms with E-state index in [1.54, 1.807) is 30.7 Å². The molecule has 23 heavy (non-hydrogen) atoms. The minimum absolute atomic E-state index is 0.424. The third-order valence-corrected chi connectivity index (χ3v) is 3.16. The molecule has 112 valence electrons. The number of nitrogens with two attached hydrogens (primary N) is 1. The highest BCUT2D eigenvalue weighted by molar-refractivity contribution is 5.61. The average molecular weight is 305 g/mol. The maximum Gasteiger partial charge on any atom is 0.251 e. The molecule has 0 aliphatic rings. The van der Waals surface area contributed by atoms with Crippen LogP contribution >= 0.6 is 0 Å². The van der Waals surface area contributed by atoms with Crippen LogP contribution in [0.3, 0.4) is 0 Å². The summed E-state index contributed by atoms with van der Waals surface area (Å²) in [6, 6.07) is 9.15. The first-order valence-corrected chi connectivity index (χ1v) is 6.81. The van der Waals surface area contributed by atoms with Gasteiger partial charge in [-0.1, -0.05) is 11.2 Å². The number of nitrogen functional groups attached to an aromatic ring is 1. The Bertz CT molecular complexity index is 946. The Labute approximate surface area is 130 Å². The summed E-state index contributed by atoms with van der Waals surface area (Å²) < 4.78 is 6.37. The van der Waals surface area contributed by atoms with Crippen molar-refractivity contribution in [1.82, 2.24) is 29.9 Å². The summed E-state index contributed by atoms with van der Waals surface area (Å²) >= 11 is 0. The normalized spacial score (nSPS) is 10.8. The molecule has 8 nitrogen and oxygen atoms in total.